The zero-order valence-electron chi connectivity index (χ0n) is 10.2. The highest BCUT2D eigenvalue weighted by molar-refractivity contribution is 6.31. The van der Waals surface area contributed by atoms with Gasteiger partial charge in [-0.25, -0.2) is 4.39 Å². The molecule has 96 valence electrons. The molecule has 0 saturated carbocycles. The van der Waals surface area contributed by atoms with E-state index in [0.29, 0.717) is 11.4 Å². The molecule has 3 nitrogen and oxygen atoms in total. The second kappa shape index (κ2) is 4.35. The molecule has 1 heterocycles. The van der Waals surface area contributed by atoms with Gasteiger partial charge in [0.05, 0.1) is 12.1 Å². The molecule has 1 aromatic rings. The Morgan fingerprint density at radius 3 is 2.67 bits per heavy atom. The van der Waals surface area contributed by atoms with Crippen molar-refractivity contribution in [1.82, 2.24) is 4.90 Å². The van der Waals surface area contributed by atoms with E-state index in [9.17, 15) is 14.0 Å². The quantitative estimate of drug-likeness (QED) is 0.786. The predicted octanol–water partition coefficient (Wildman–Crippen LogP) is 2.67. The second-order valence-electron chi connectivity index (χ2n) is 5.04. The van der Waals surface area contributed by atoms with E-state index in [1.807, 2.05) is 0 Å². The van der Waals surface area contributed by atoms with Crippen LogP contribution < -0.4 is 0 Å². The number of carbonyl (C=O) groups excluding carboxylic acids is 2. The third-order valence-corrected chi connectivity index (χ3v) is 3.33. The minimum atomic E-state index is -0.625. The average molecular weight is 270 g/mol. The Morgan fingerprint density at radius 1 is 1.44 bits per heavy atom. The fraction of sp³-hybridized carbons (Fsp3) is 0.385. The lowest BCUT2D eigenvalue weighted by atomic mass is 10.0. The van der Waals surface area contributed by atoms with Crippen LogP contribution in [0.25, 0.3) is 0 Å². The molecule has 5 heteroatoms. The van der Waals surface area contributed by atoms with Gasteiger partial charge in [0.15, 0.2) is 5.78 Å². The molecule has 0 aromatic heterocycles. The number of hydrogen-bond acceptors (Lipinski definition) is 2. The summed E-state index contributed by atoms with van der Waals surface area (Å²) in [5.74, 6) is -1.14. The molecule has 0 unspecified atom stereocenters. The molecule has 1 amide bonds. The van der Waals surface area contributed by atoms with Gasteiger partial charge in [-0.2, -0.15) is 0 Å². The van der Waals surface area contributed by atoms with E-state index in [0.717, 1.165) is 6.07 Å². The number of halogens is 2. The first-order chi connectivity index (χ1) is 8.31. The van der Waals surface area contributed by atoms with Crippen molar-refractivity contribution in [3.05, 3.63) is 34.6 Å². The summed E-state index contributed by atoms with van der Waals surface area (Å²) in [5.41, 5.74) is -0.673. The van der Waals surface area contributed by atoms with Crippen LogP contribution in [0.2, 0.25) is 5.02 Å². The van der Waals surface area contributed by atoms with Gasteiger partial charge in [0.25, 0.3) is 5.91 Å². The van der Waals surface area contributed by atoms with Crippen LogP contribution in [0.3, 0.4) is 0 Å². The number of likely N-dealkylation sites (tertiary alicyclic amines) is 1. The van der Waals surface area contributed by atoms with E-state index in [-0.39, 0.29) is 17.9 Å². The normalized spacial score (nSPS) is 18.2. The van der Waals surface area contributed by atoms with Crippen molar-refractivity contribution >= 4 is 23.3 Å². The summed E-state index contributed by atoms with van der Waals surface area (Å²) in [6.45, 7) is 3.61. The first kappa shape index (κ1) is 13.0. The van der Waals surface area contributed by atoms with Crippen LogP contribution in [0, 0.1) is 5.82 Å². The van der Waals surface area contributed by atoms with Crippen molar-refractivity contribution in [2.75, 3.05) is 6.54 Å². The van der Waals surface area contributed by atoms with Gasteiger partial charge in [-0.15, -0.1) is 0 Å². The lowest BCUT2D eigenvalue weighted by Gasteiger charge is -2.30. The molecule has 1 aliphatic heterocycles. The third-order valence-electron chi connectivity index (χ3n) is 3.10. The maximum Gasteiger partial charge on any atom is 0.257 e. The van der Waals surface area contributed by atoms with Gasteiger partial charge in [-0.1, -0.05) is 11.6 Å². The van der Waals surface area contributed by atoms with E-state index >= 15 is 0 Å². The Kier molecular flexibility index (Phi) is 3.15. The summed E-state index contributed by atoms with van der Waals surface area (Å²) in [6.07, 6.45) is 0.293. The number of hydrogen-bond donors (Lipinski definition) is 0. The minimum Gasteiger partial charge on any atom is -0.326 e. The Labute approximate surface area is 110 Å². The molecule has 1 fully saturated rings. The van der Waals surface area contributed by atoms with E-state index in [4.69, 9.17) is 11.6 Å². The van der Waals surface area contributed by atoms with Crippen molar-refractivity contribution in [3.63, 3.8) is 0 Å². The highest BCUT2D eigenvalue weighted by atomic mass is 35.5. The van der Waals surface area contributed by atoms with Crippen LogP contribution in [0.5, 0.6) is 0 Å². The number of nitrogens with zero attached hydrogens (tertiary/aromatic N) is 1. The summed E-state index contributed by atoms with van der Waals surface area (Å²) in [5, 5.41) is 0.295. The maximum atomic E-state index is 13.6. The largest absolute Gasteiger partial charge is 0.326 e. The predicted molar refractivity (Wildman–Crippen MR) is 66.1 cm³/mol. The molecule has 0 radical (unpaired) electrons. The molecule has 1 aliphatic rings. The van der Waals surface area contributed by atoms with Crippen LogP contribution in [0.1, 0.15) is 30.6 Å². The van der Waals surface area contributed by atoms with Crippen molar-refractivity contribution in [3.8, 4) is 0 Å². The topological polar surface area (TPSA) is 37.4 Å². The standard InChI is InChI=1S/C13H13ClFNO2/c1-13(2)6-9(17)7-16(13)12(18)10-5-8(14)3-4-11(10)15/h3-5H,6-7H2,1-2H3. The number of carbonyl (C=O) groups is 2. The van der Waals surface area contributed by atoms with E-state index in [1.54, 1.807) is 13.8 Å². The first-order valence-corrected chi connectivity index (χ1v) is 5.98. The van der Waals surface area contributed by atoms with Gasteiger partial charge in [0.1, 0.15) is 5.82 Å². The smallest absolute Gasteiger partial charge is 0.257 e. The fourth-order valence-electron chi connectivity index (χ4n) is 2.18. The van der Waals surface area contributed by atoms with Crippen LogP contribution >= 0.6 is 11.6 Å². The molecule has 1 aromatic carbocycles. The number of benzene rings is 1. The van der Waals surface area contributed by atoms with Crippen LogP contribution in [-0.4, -0.2) is 28.7 Å². The highest BCUT2D eigenvalue weighted by Crippen LogP contribution is 2.29. The monoisotopic (exact) mass is 269 g/mol. The molecule has 0 spiro atoms. The number of amides is 1. The molecule has 1 saturated heterocycles. The Hall–Kier alpha value is -1.42. The van der Waals surface area contributed by atoms with Crippen molar-refractivity contribution < 1.29 is 14.0 Å². The Morgan fingerprint density at radius 2 is 2.11 bits per heavy atom. The Balaban J connectivity index is 2.37. The molecule has 2 rings (SSSR count). The van der Waals surface area contributed by atoms with E-state index in [2.05, 4.69) is 0 Å². The van der Waals surface area contributed by atoms with Crippen LogP contribution in [0.15, 0.2) is 18.2 Å². The zero-order valence-corrected chi connectivity index (χ0v) is 10.9. The summed E-state index contributed by atoms with van der Waals surface area (Å²) < 4.78 is 13.6. The van der Waals surface area contributed by atoms with Gasteiger partial charge in [0, 0.05) is 17.0 Å². The van der Waals surface area contributed by atoms with Crippen molar-refractivity contribution in [2.45, 2.75) is 25.8 Å². The maximum absolute atomic E-state index is 13.6. The SMILES string of the molecule is CC1(C)CC(=O)CN1C(=O)c1cc(Cl)ccc1F. The van der Waals surface area contributed by atoms with Gasteiger partial charge in [0.2, 0.25) is 0 Å². The lowest BCUT2D eigenvalue weighted by Crippen LogP contribution is -2.43. The Bertz CT molecular complexity index is 528. The van der Waals surface area contributed by atoms with E-state index < -0.39 is 17.3 Å². The molecule has 18 heavy (non-hydrogen) atoms. The molecular formula is C13H13ClFNO2. The van der Waals surface area contributed by atoms with Crippen molar-refractivity contribution in [2.24, 2.45) is 0 Å². The number of Topliss-reactive ketones (excluding diaryl/α,β-unsaturated/α-hetero) is 1. The second-order valence-corrected chi connectivity index (χ2v) is 5.48. The molecule has 0 N–H and O–H groups in total. The van der Waals surface area contributed by atoms with Crippen LogP contribution in [0.4, 0.5) is 4.39 Å². The molecule has 0 aliphatic carbocycles. The average Bonchev–Trinajstić information content (AvgIpc) is 2.54. The lowest BCUT2D eigenvalue weighted by molar-refractivity contribution is -0.116. The zero-order chi connectivity index (χ0) is 13.5. The molecule has 0 bridgehead atoms. The molecular weight excluding hydrogens is 257 g/mol. The summed E-state index contributed by atoms with van der Waals surface area (Å²) in [7, 11) is 0. The minimum absolute atomic E-state index is 0.0178. The van der Waals surface area contributed by atoms with Gasteiger partial charge < -0.3 is 4.90 Å². The van der Waals surface area contributed by atoms with Gasteiger partial charge in [-0.3, -0.25) is 9.59 Å². The van der Waals surface area contributed by atoms with Gasteiger partial charge in [-0.05, 0) is 32.0 Å². The highest BCUT2D eigenvalue weighted by Gasteiger charge is 2.41. The summed E-state index contributed by atoms with van der Waals surface area (Å²) in [4.78, 5) is 25.1. The van der Waals surface area contributed by atoms with Gasteiger partial charge >= 0.3 is 0 Å². The number of rotatable bonds is 1. The summed E-state index contributed by atoms with van der Waals surface area (Å²) in [6, 6.07) is 3.83. The fourth-order valence-corrected chi connectivity index (χ4v) is 2.35. The number of ketones is 1. The first-order valence-electron chi connectivity index (χ1n) is 5.60. The molecule has 0 atom stereocenters. The van der Waals surface area contributed by atoms with Crippen molar-refractivity contribution in [1.29, 1.82) is 0 Å². The summed E-state index contributed by atoms with van der Waals surface area (Å²) >= 11 is 5.76. The van der Waals surface area contributed by atoms with Crippen LogP contribution in [-0.2, 0) is 4.79 Å². The van der Waals surface area contributed by atoms with E-state index in [1.165, 1.54) is 17.0 Å². The third kappa shape index (κ3) is 2.25.